The maximum atomic E-state index is 12.1. The lowest BCUT2D eigenvalue weighted by atomic mass is 10.3. The molecule has 0 aliphatic heterocycles. The Morgan fingerprint density at radius 2 is 1.96 bits per heavy atom. The Labute approximate surface area is 150 Å². The normalized spacial score (nSPS) is 10.8. The lowest BCUT2D eigenvalue weighted by molar-refractivity contribution is 0.0943. The predicted octanol–water partition coefficient (Wildman–Crippen LogP) is 1.85. The van der Waals surface area contributed by atoms with E-state index in [2.05, 4.69) is 20.7 Å². The van der Waals surface area contributed by atoms with Gasteiger partial charge >= 0.3 is 0 Å². The number of carbonyl (C=O) groups excluding carboxylic acids is 1. The number of benzene rings is 1. The smallest absolute Gasteiger partial charge is 0.291 e. The molecule has 0 unspecified atom stereocenters. The molecule has 0 aliphatic carbocycles. The lowest BCUT2D eigenvalue weighted by Gasteiger charge is -2.07. The van der Waals surface area contributed by atoms with Crippen LogP contribution in [0, 0.1) is 6.92 Å². The SMILES string of the molecule is COCCNCCNC(=O)c1nc(C)n(-c2c(Cl)cccc2Cl)n1. The van der Waals surface area contributed by atoms with Crippen LogP contribution in [-0.4, -0.2) is 54.0 Å². The summed E-state index contributed by atoms with van der Waals surface area (Å²) in [5.41, 5.74) is 0.506. The van der Waals surface area contributed by atoms with Crippen molar-refractivity contribution in [2.45, 2.75) is 6.92 Å². The molecule has 24 heavy (non-hydrogen) atoms. The van der Waals surface area contributed by atoms with E-state index in [-0.39, 0.29) is 11.7 Å². The van der Waals surface area contributed by atoms with E-state index >= 15 is 0 Å². The summed E-state index contributed by atoms with van der Waals surface area (Å²) in [6.07, 6.45) is 0. The number of ether oxygens (including phenoxy) is 1. The van der Waals surface area contributed by atoms with Gasteiger partial charge in [0, 0.05) is 26.7 Å². The zero-order valence-corrected chi connectivity index (χ0v) is 15.0. The van der Waals surface area contributed by atoms with E-state index in [1.165, 1.54) is 4.68 Å². The molecule has 9 heteroatoms. The molecule has 0 saturated heterocycles. The molecule has 130 valence electrons. The second kappa shape index (κ2) is 8.98. The zero-order chi connectivity index (χ0) is 17.5. The van der Waals surface area contributed by atoms with Gasteiger partial charge in [0.2, 0.25) is 5.82 Å². The van der Waals surface area contributed by atoms with Gasteiger partial charge in [-0.25, -0.2) is 9.67 Å². The first-order chi connectivity index (χ1) is 11.5. The van der Waals surface area contributed by atoms with Crippen molar-refractivity contribution in [3.8, 4) is 5.69 Å². The molecule has 0 saturated carbocycles. The number of amides is 1. The van der Waals surface area contributed by atoms with E-state index < -0.39 is 0 Å². The molecule has 0 spiro atoms. The van der Waals surface area contributed by atoms with E-state index in [0.717, 1.165) is 6.54 Å². The number of hydrogen-bond acceptors (Lipinski definition) is 5. The van der Waals surface area contributed by atoms with Crippen LogP contribution in [0.3, 0.4) is 0 Å². The summed E-state index contributed by atoms with van der Waals surface area (Å²) in [6, 6.07) is 5.15. The van der Waals surface area contributed by atoms with Crippen molar-refractivity contribution < 1.29 is 9.53 Å². The molecule has 2 aromatic rings. The molecule has 7 nitrogen and oxygen atoms in total. The Morgan fingerprint density at radius 3 is 2.62 bits per heavy atom. The second-order valence-electron chi connectivity index (χ2n) is 4.96. The van der Waals surface area contributed by atoms with Crippen LogP contribution in [0.4, 0.5) is 0 Å². The van der Waals surface area contributed by atoms with E-state index in [1.807, 2.05) is 0 Å². The third kappa shape index (κ3) is 4.67. The standard InChI is InChI=1S/C15H19Cl2N5O2/c1-10-20-14(15(23)19-7-6-18-8-9-24-2)21-22(10)13-11(16)4-3-5-12(13)17/h3-5,18H,6-9H2,1-2H3,(H,19,23). The number of halogens is 2. The van der Waals surface area contributed by atoms with Gasteiger partial charge in [-0.15, -0.1) is 5.10 Å². The molecule has 1 amide bonds. The molecule has 0 bridgehead atoms. The van der Waals surface area contributed by atoms with Crippen molar-refractivity contribution in [2.24, 2.45) is 0 Å². The van der Waals surface area contributed by atoms with Gasteiger partial charge in [0.25, 0.3) is 5.91 Å². The summed E-state index contributed by atoms with van der Waals surface area (Å²) in [6.45, 7) is 4.17. The summed E-state index contributed by atoms with van der Waals surface area (Å²) < 4.78 is 6.39. The Kier molecular flexibility index (Phi) is 6.99. The van der Waals surface area contributed by atoms with Crippen LogP contribution >= 0.6 is 23.2 Å². The zero-order valence-electron chi connectivity index (χ0n) is 13.5. The summed E-state index contributed by atoms with van der Waals surface area (Å²) in [7, 11) is 1.64. The van der Waals surface area contributed by atoms with E-state index in [0.29, 0.717) is 41.3 Å². The molecule has 2 rings (SSSR count). The van der Waals surface area contributed by atoms with Gasteiger partial charge in [0.15, 0.2) is 0 Å². The van der Waals surface area contributed by atoms with Crippen LogP contribution < -0.4 is 10.6 Å². The highest BCUT2D eigenvalue weighted by Gasteiger charge is 2.17. The van der Waals surface area contributed by atoms with Crippen molar-refractivity contribution >= 4 is 29.1 Å². The van der Waals surface area contributed by atoms with Crippen LogP contribution in [0.25, 0.3) is 5.69 Å². The topological polar surface area (TPSA) is 81.1 Å². The first kappa shape index (κ1) is 18.7. The van der Waals surface area contributed by atoms with Crippen LogP contribution in [-0.2, 0) is 4.74 Å². The third-order valence-corrected chi connectivity index (χ3v) is 3.80. The molecule has 1 aromatic carbocycles. The molecule has 2 N–H and O–H groups in total. The van der Waals surface area contributed by atoms with Crippen molar-refractivity contribution in [2.75, 3.05) is 33.4 Å². The molecule has 0 atom stereocenters. The first-order valence-electron chi connectivity index (χ1n) is 7.40. The minimum atomic E-state index is -0.353. The highest BCUT2D eigenvalue weighted by Crippen LogP contribution is 2.28. The minimum absolute atomic E-state index is 0.0698. The molecule has 0 fully saturated rings. The molecule has 0 aliphatic rings. The Morgan fingerprint density at radius 1 is 1.25 bits per heavy atom. The van der Waals surface area contributed by atoms with Crippen LogP contribution in [0.5, 0.6) is 0 Å². The molecule has 1 heterocycles. The lowest BCUT2D eigenvalue weighted by Crippen LogP contribution is -2.33. The van der Waals surface area contributed by atoms with Gasteiger partial charge < -0.3 is 15.4 Å². The summed E-state index contributed by atoms with van der Waals surface area (Å²) in [5.74, 6) is 0.238. The third-order valence-electron chi connectivity index (χ3n) is 3.19. The fourth-order valence-electron chi connectivity index (χ4n) is 2.03. The van der Waals surface area contributed by atoms with Gasteiger partial charge in [-0.1, -0.05) is 29.3 Å². The van der Waals surface area contributed by atoms with Gasteiger partial charge in [0.1, 0.15) is 11.5 Å². The van der Waals surface area contributed by atoms with Crippen molar-refractivity contribution in [3.63, 3.8) is 0 Å². The van der Waals surface area contributed by atoms with E-state index in [4.69, 9.17) is 27.9 Å². The fraction of sp³-hybridized carbons (Fsp3) is 0.400. The van der Waals surface area contributed by atoms with Crippen molar-refractivity contribution in [1.82, 2.24) is 25.4 Å². The Hall–Kier alpha value is -1.67. The quantitative estimate of drug-likeness (QED) is 0.692. The number of methoxy groups -OCH3 is 1. The number of para-hydroxylation sites is 1. The number of carbonyl (C=O) groups is 1. The average molecular weight is 372 g/mol. The number of nitrogens with zero attached hydrogens (tertiary/aromatic N) is 3. The van der Waals surface area contributed by atoms with Crippen molar-refractivity contribution in [3.05, 3.63) is 39.9 Å². The number of aryl methyl sites for hydroxylation is 1. The van der Waals surface area contributed by atoms with Gasteiger partial charge in [0.05, 0.1) is 16.7 Å². The first-order valence-corrected chi connectivity index (χ1v) is 8.16. The molecule has 1 aromatic heterocycles. The fourth-order valence-corrected chi connectivity index (χ4v) is 2.59. The number of aromatic nitrogens is 3. The second-order valence-corrected chi connectivity index (χ2v) is 5.78. The summed E-state index contributed by atoms with van der Waals surface area (Å²) in [4.78, 5) is 16.3. The van der Waals surface area contributed by atoms with Crippen molar-refractivity contribution in [1.29, 1.82) is 0 Å². The number of rotatable bonds is 8. The maximum Gasteiger partial charge on any atom is 0.291 e. The molecule has 0 radical (unpaired) electrons. The van der Waals surface area contributed by atoms with E-state index in [9.17, 15) is 4.79 Å². The molecular weight excluding hydrogens is 353 g/mol. The van der Waals surface area contributed by atoms with Crippen LogP contribution in [0.2, 0.25) is 10.0 Å². The Bertz CT molecular complexity index is 685. The summed E-state index contributed by atoms with van der Waals surface area (Å²) in [5, 5.41) is 11.0. The highest BCUT2D eigenvalue weighted by molar-refractivity contribution is 6.37. The van der Waals surface area contributed by atoms with Crippen LogP contribution in [0.15, 0.2) is 18.2 Å². The van der Waals surface area contributed by atoms with Gasteiger partial charge in [-0.05, 0) is 19.1 Å². The number of hydrogen-bond donors (Lipinski definition) is 2. The Balaban J connectivity index is 2.02. The largest absolute Gasteiger partial charge is 0.383 e. The highest BCUT2D eigenvalue weighted by atomic mass is 35.5. The van der Waals surface area contributed by atoms with Crippen LogP contribution in [0.1, 0.15) is 16.4 Å². The van der Waals surface area contributed by atoms with Gasteiger partial charge in [-0.2, -0.15) is 0 Å². The molecular formula is C15H19Cl2N5O2. The monoisotopic (exact) mass is 371 g/mol. The minimum Gasteiger partial charge on any atom is -0.383 e. The van der Waals surface area contributed by atoms with Gasteiger partial charge in [-0.3, -0.25) is 4.79 Å². The number of nitrogens with one attached hydrogen (secondary N) is 2. The predicted molar refractivity (Wildman–Crippen MR) is 93.2 cm³/mol. The van der Waals surface area contributed by atoms with E-state index in [1.54, 1.807) is 32.2 Å². The summed E-state index contributed by atoms with van der Waals surface area (Å²) >= 11 is 12.4. The maximum absolute atomic E-state index is 12.1. The average Bonchev–Trinajstić information content (AvgIpc) is 2.92.